The molecular weight excluding hydrogens is 292 g/mol. The quantitative estimate of drug-likeness (QED) is 0.738. The molecule has 0 bridgehead atoms. The highest BCUT2D eigenvalue weighted by Crippen LogP contribution is 2.19. The summed E-state index contributed by atoms with van der Waals surface area (Å²) in [5.41, 5.74) is 1.98. The molecule has 90 valence electrons. The highest BCUT2D eigenvalue weighted by atomic mass is 79.9. The zero-order valence-electron chi connectivity index (χ0n) is 9.58. The van der Waals surface area contributed by atoms with Crippen molar-refractivity contribution in [3.05, 3.63) is 65.2 Å². The van der Waals surface area contributed by atoms with E-state index < -0.39 is 0 Å². The molecule has 3 nitrogen and oxygen atoms in total. The number of benzene rings is 1. The molecule has 1 aromatic carbocycles. The Morgan fingerprint density at radius 1 is 1.06 bits per heavy atom. The predicted molar refractivity (Wildman–Crippen MR) is 73.7 cm³/mol. The standard InChI is InChI=1S/C14H11BrN2O/c15-14-16-12(13-8-4-5-9-17(13)14)10-18-11-6-2-1-3-7-11/h1-9H,10H2. The number of rotatable bonds is 3. The van der Waals surface area contributed by atoms with Crippen LogP contribution >= 0.6 is 15.9 Å². The molecule has 3 rings (SSSR count). The van der Waals surface area contributed by atoms with Crippen LogP contribution in [0.2, 0.25) is 0 Å². The fourth-order valence-electron chi connectivity index (χ4n) is 1.84. The lowest BCUT2D eigenvalue weighted by atomic mass is 10.3. The summed E-state index contributed by atoms with van der Waals surface area (Å²) in [4.78, 5) is 4.46. The maximum Gasteiger partial charge on any atom is 0.182 e. The highest BCUT2D eigenvalue weighted by Gasteiger charge is 2.08. The van der Waals surface area contributed by atoms with Crippen molar-refractivity contribution in [1.82, 2.24) is 9.38 Å². The third-order valence-electron chi connectivity index (χ3n) is 2.70. The number of para-hydroxylation sites is 1. The molecular formula is C14H11BrN2O. The van der Waals surface area contributed by atoms with Crippen LogP contribution in [0.25, 0.3) is 5.52 Å². The van der Waals surface area contributed by atoms with E-state index in [2.05, 4.69) is 20.9 Å². The van der Waals surface area contributed by atoms with E-state index >= 15 is 0 Å². The van der Waals surface area contributed by atoms with E-state index in [0.29, 0.717) is 6.61 Å². The number of fused-ring (bicyclic) bond motifs is 1. The van der Waals surface area contributed by atoms with Gasteiger partial charge in [-0.05, 0) is 40.2 Å². The predicted octanol–water partition coefficient (Wildman–Crippen LogP) is 3.68. The summed E-state index contributed by atoms with van der Waals surface area (Å²) in [5.74, 6) is 0.853. The zero-order chi connectivity index (χ0) is 12.4. The fraction of sp³-hybridized carbons (Fsp3) is 0.0714. The molecule has 0 unspecified atom stereocenters. The van der Waals surface area contributed by atoms with Gasteiger partial charge in [0.25, 0.3) is 0 Å². The van der Waals surface area contributed by atoms with E-state index in [1.165, 1.54) is 0 Å². The average molecular weight is 303 g/mol. The molecule has 2 heterocycles. The Kier molecular flexibility index (Phi) is 3.02. The van der Waals surface area contributed by atoms with Gasteiger partial charge < -0.3 is 4.74 Å². The van der Waals surface area contributed by atoms with Gasteiger partial charge in [0, 0.05) is 6.20 Å². The van der Waals surface area contributed by atoms with Crippen molar-refractivity contribution in [2.24, 2.45) is 0 Å². The number of hydrogen-bond acceptors (Lipinski definition) is 2. The molecule has 0 saturated carbocycles. The molecule has 0 aliphatic rings. The molecule has 0 atom stereocenters. The van der Waals surface area contributed by atoms with Gasteiger partial charge in [0.15, 0.2) is 4.73 Å². The maximum atomic E-state index is 5.72. The SMILES string of the molecule is Brc1nc(COc2ccccc2)c2ccccn12. The monoisotopic (exact) mass is 302 g/mol. The Hall–Kier alpha value is -1.81. The Morgan fingerprint density at radius 2 is 1.83 bits per heavy atom. The van der Waals surface area contributed by atoms with Gasteiger partial charge in [-0.1, -0.05) is 24.3 Å². The summed E-state index contributed by atoms with van der Waals surface area (Å²) in [6.07, 6.45) is 1.97. The Balaban J connectivity index is 1.87. The molecule has 0 N–H and O–H groups in total. The van der Waals surface area contributed by atoms with Crippen molar-refractivity contribution < 1.29 is 4.74 Å². The van der Waals surface area contributed by atoms with Gasteiger partial charge in [0.2, 0.25) is 0 Å². The minimum absolute atomic E-state index is 0.461. The number of aromatic nitrogens is 2. The first-order valence-electron chi connectivity index (χ1n) is 5.64. The van der Waals surface area contributed by atoms with Crippen molar-refractivity contribution in [3.63, 3.8) is 0 Å². The lowest BCUT2D eigenvalue weighted by Crippen LogP contribution is -1.96. The summed E-state index contributed by atoms with van der Waals surface area (Å²) in [7, 11) is 0. The Bertz CT molecular complexity index is 664. The number of halogens is 1. The summed E-state index contributed by atoms with van der Waals surface area (Å²) in [6.45, 7) is 0.461. The van der Waals surface area contributed by atoms with Gasteiger partial charge in [-0.2, -0.15) is 0 Å². The van der Waals surface area contributed by atoms with E-state index in [1.54, 1.807) is 0 Å². The minimum atomic E-state index is 0.461. The number of hydrogen-bond donors (Lipinski definition) is 0. The van der Waals surface area contributed by atoms with Crippen LogP contribution in [0.15, 0.2) is 59.5 Å². The molecule has 0 aliphatic carbocycles. The van der Waals surface area contributed by atoms with Crippen molar-refractivity contribution in [3.8, 4) is 5.75 Å². The second kappa shape index (κ2) is 4.82. The van der Waals surface area contributed by atoms with Gasteiger partial charge in [-0.25, -0.2) is 4.98 Å². The maximum absolute atomic E-state index is 5.72. The van der Waals surface area contributed by atoms with Crippen molar-refractivity contribution in [1.29, 1.82) is 0 Å². The highest BCUT2D eigenvalue weighted by molar-refractivity contribution is 9.10. The largest absolute Gasteiger partial charge is 0.487 e. The third kappa shape index (κ3) is 2.11. The van der Waals surface area contributed by atoms with Crippen molar-refractivity contribution >= 4 is 21.4 Å². The smallest absolute Gasteiger partial charge is 0.182 e. The summed E-state index contributed by atoms with van der Waals surface area (Å²) in [5, 5.41) is 0. The average Bonchev–Trinajstić information content (AvgIpc) is 2.75. The first-order chi connectivity index (χ1) is 8.84. The van der Waals surface area contributed by atoms with Crippen LogP contribution < -0.4 is 4.74 Å². The minimum Gasteiger partial charge on any atom is -0.487 e. The molecule has 2 aromatic heterocycles. The van der Waals surface area contributed by atoms with E-state index in [1.807, 2.05) is 59.1 Å². The molecule has 18 heavy (non-hydrogen) atoms. The zero-order valence-corrected chi connectivity index (χ0v) is 11.2. The van der Waals surface area contributed by atoms with Gasteiger partial charge >= 0.3 is 0 Å². The third-order valence-corrected chi connectivity index (χ3v) is 3.26. The second-order valence-corrected chi connectivity index (χ2v) is 4.59. The van der Waals surface area contributed by atoms with Crippen LogP contribution in [-0.2, 0) is 6.61 Å². The molecule has 0 amide bonds. The molecule has 0 radical (unpaired) electrons. The first-order valence-corrected chi connectivity index (χ1v) is 6.43. The van der Waals surface area contributed by atoms with Crippen LogP contribution in [0.4, 0.5) is 0 Å². The molecule has 0 aliphatic heterocycles. The van der Waals surface area contributed by atoms with E-state index in [0.717, 1.165) is 21.7 Å². The molecule has 0 saturated heterocycles. The van der Waals surface area contributed by atoms with Gasteiger partial charge in [-0.3, -0.25) is 4.40 Å². The normalized spacial score (nSPS) is 10.7. The molecule has 0 fully saturated rings. The lowest BCUT2D eigenvalue weighted by molar-refractivity contribution is 0.303. The van der Waals surface area contributed by atoms with Crippen LogP contribution in [-0.4, -0.2) is 9.38 Å². The first kappa shape index (κ1) is 11.3. The lowest BCUT2D eigenvalue weighted by Gasteiger charge is -2.03. The van der Waals surface area contributed by atoms with Crippen LogP contribution in [0.5, 0.6) is 5.75 Å². The number of pyridine rings is 1. The van der Waals surface area contributed by atoms with Gasteiger partial charge in [-0.15, -0.1) is 0 Å². The van der Waals surface area contributed by atoms with E-state index in [-0.39, 0.29) is 0 Å². The van der Waals surface area contributed by atoms with Crippen LogP contribution in [0.3, 0.4) is 0 Å². The molecule has 3 aromatic rings. The Morgan fingerprint density at radius 3 is 2.67 bits per heavy atom. The summed E-state index contributed by atoms with van der Waals surface area (Å²) >= 11 is 3.44. The summed E-state index contributed by atoms with van der Waals surface area (Å²) < 4.78 is 8.50. The van der Waals surface area contributed by atoms with Crippen molar-refractivity contribution in [2.45, 2.75) is 6.61 Å². The Labute approximate surface area is 113 Å². The van der Waals surface area contributed by atoms with E-state index in [4.69, 9.17) is 4.74 Å². The molecule has 4 heteroatoms. The van der Waals surface area contributed by atoms with Crippen LogP contribution in [0.1, 0.15) is 5.69 Å². The number of imidazole rings is 1. The van der Waals surface area contributed by atoms with Crippen molar-refractivity contribution in [2.75, 3.05) is 0 Å². The van der Waals surface area contributed by atoms with E-state index in [9.17, 15) is 0 Å². The van der Waals surface area contributed by atoms with Crippen LogP contribution in [0, 0.1) is 0 Å². The number of nitrogens with zero attached hydrogens (tertiary/aromatic N) is 2. The molecule has 0 spiro atoms. The second-order valence-electron chi connectivity index (χ2n) is 3.89. The van der Waals surface area contributed by atoms with Gasteiger partial charge in [0.05, 0.1) is 5.52 Å². The number of ether oxygens (including phenoxy) is 1. The summed E-state index contributed by atoms with van der Waals surface area (Å²) in [6, 6.07) is 15.8. The topological polar surface area (TPSA) is 26.5 Å². The fourth-order valence-corrected chi connectivity index (χ4v) is 2.36. The van der Waals surface area contributed by atoms with Gasteiger partial charge in [0.1, 0.15) is 18.1 Å².